The third-order valence-electron chi connectivity index (χ3n) is 8.41. The summed E-state index contributed by atoms with van der Waals surface area (Å²) in [5.41, 5.74) is -2.44. The predicted molar refractivity (Wildman–Crippen MR) is 139 cm³/mol. The van der Waals surface area contributed by atoms with Crippen molar-refractivity contribution in [3.8, 4) is 0 Å². The molecule has 8 heteroatoms. The van der Waals surface area contributed by atoms with Crippen LogP contribution < -0.4 is 0 Å². The quantitative estimate of drug-likeness (QED) is 0.438. The van der Waals surface area contributed by atoms with Gasteiger partial charge in [0, 0.05) is 38.3 Å². The summed E-state index contributed by atoms with van der Waals surface area (Å²) in [4.78, 5) is 47.5. The minimum atomic E-state index is -1.09. The number of ether oxygens (including phenoxy) is 1. The van der Waals surface area contributed by atoms with Crippen LogP contribution in [0.4, 0.5) is 0 Å². The number of carbonyl (C=O) groups is 3. The number of amides is 3. The summed E-state index contributed by atoms with van der Waals surface area (Å²) < 4.78 is 6.81. The first-order chi connectivity index (χ1) is 16.8. The number of rotatable bonds is 11. The molecule has 2 bridgehead atoms. The third-order valence-corrected chi connectivity index (χ3v) is 8.41. The number of hydrogen-bond donors (Lipinski definition) is 1. The topological polar surface area (TPSA) is 90.4 Å². The Morgan fingerprint density at radius 1 is 1.22 bits per heavy atom. The van der Waals surface area contributed by atoms with Crippen LogP contribution in [0.5, 0.6) is 0 Å². The summed E-state index contributed by atoms with van der Waals surface area (Å²) in [5.74, 6) is -1.97. The molecule has 0 aromatic carbocycles. The van der Waals surface area contributed by atoms with Gasteiger partial charge in [-0.3, -0.25) is 14.4 Å². The first-order valence-electron chi connectivity index (χ1n) is 13.3. The molecular formula is C28H45N3O5. The van der Waals surface area contributed by atoms with Gasteiger partial charge in [0.1, 0.15) is 11.6 Å². The lowest BCUT2D eigenvalue weighted by Crippen LogP contribution is -2.60. The van der Waals surface area contributed by atoms with Gasteiger partial charge in [-0.1, -0.05) is 26.0 Å². The number of carbonyl (C=O) groups excluding carboxylic acids is 3. The van der Waals surface area contributed by atoms with Gasteiger partial charge in [0.25, 0.3) is 0 Å². The van der Waals surface area contributed by atoms with Gasteiger partial charge in [-0.05, 0) is 52.9 Å². The van der Waals surface area contributed by atoms with Gasteiger partial charge in [0.05, 0.1) is 17.4 Å². The fourth-order valence-electron chi connectivity index (χ4n) is 6.76. The van der Waals surface area contributed by atoms with E-state index in [1.807, 2.05) is 34.6 Å². The van der Waals surface area contributed by atoms with E-state index in [4.69, 9.17) is 4.74 Å². The first-order valence-corrected chi connectivity index (χ1v) is 13.3. The number of likely N-dealkylation sites (tertiary alicyclic amines) is 1. The highest BCUT2D eigenvalue weighted by molar-refractivity contribution is 5.99. The minimum absolute atomic E-state index is 0.0155. The monoisotopic (exact) mass is 503 g/mol. The number of nitrogens with zero attached hydrogens (tertiary/aromatic N) is 3. The van der Waals surface area contributed by atoms with Gasteiger partial charge >= 0.3 is 0 Å². The van der Waals surface area contributed by atoms with E-state index in [1.54, 1.807) is 26.9 Å². The largest absolute Gasteiger partial charge is 0.396 e. The summed E-state index contributed by atoms with van der Waals surface area (Å²) in [6.07, 6.45) is 5.05. The Balaban J connectivity index is 2.14. The number of aliphatic hydroxyl groups is 1. The average molecular weight is 504 g/mol. The summed E-state index contributed by atoms with van der Waals surface area (Å²) in [7, 11) is 0. The van der Waals surface area contributed by atoms with Crippen LogP contribution >= 0.6 is 0 Å². The molecule has 3 saturated heterocycles. The molecule has 202 valence electrons. The molecule has 0 saturated carbocycles. The van der Waals surface area contributed by atoms with Crippen LogP contribution in [-0.2, 0) is 19.1 Å². The van der Waals surface area contributed by atoms with Crippen molar-refractivity contribution in [1.29, 1.82) is 0 Å². The van der Waals surface area contributed by atoms with E-state index in [0.29, 0.717) is 32.5 Å². The Bertz CT molecular complexity index is 898. The minimum Gasteiger partial charge on any atom is -0.396 e. The summed E-state index contributed by atoms with van der Waals surface area (Å²) in [5, 5.41) is 9.56. The van der Waals surface area contributed by atoms with Crippen molar-refractivity contribution in [2.24, 2.45) is 17.8 Å². The summed E-state index contributed by atoms with van der Waals surface area (Å²) in [6, 6.07) is -0.859. The zero-order valence-corrected chi connectivity index (χ0v) is 23.0. The smallest absolute Gasteiger partial charge is 0.249 e. The second-order valence-corrected chi connectivity index (χ2v) is 11.8. The molecule has 3 rings (SSSR count). The van der Waals surface area contributed by atoms with Crippen molar-refractivity contribution < 1.29 is 24.2 Å². The lowest BCUT2D eigenvalue weighted by Gasteiger charge is -2.42. The van der Waals surface area contributed by atoms with Gasteiger partial charge in [0.2, 0.25) is 17.7 Å². The number of aliphatic hydroxyl groups excluding tert-OH is 1. The van der Waals surface area contributed by atoms with Crippen LogP contribution in [0, 0.1) is 17.8 Å². The van der Waals surface area contributed by atoms with E-state index in [0.717, 1.165) is 6.42 Å². The van der Waals surface area contributed by atoms with Crippen LogP contribution in [0.1, 0.15) is 60.8 Å². The van der Waals surface area contributed by atoms with Gasteiger partial charge in [-0.15, -0.1) is 13.2 Å². The third kappa shape index (κ3) is 4.30. The predicted octanol–water partition coefficient (Wildman–Crippen LogP) is 2.62. The second kappa shape index (κ2) is 10.3. The Kier molecular flexibility index (Phi) is 8.11. The standard InChI is InChI=1S/C28H45N3O5/c1-9-13-29(14-10-2)23(33)20-21-24(34)30(16-12-17-32)22(25(35)31(15-11-3)26(5,6)7)28(21)18-19(4)27(20,8)36-28/h9,11,19-22,32H,1,3,10,12-18H2,2,4-8H3/t19?,20-,21-,22?,27+,28?/m0/s1. The Labute approximate surface area is 216 Å². The summed E-state index contributed by atoms with van der Waals surface area (Å²) in [6.45, 7) is 20.9. The van der Waals surface area contributed by atoms with Crippen LogP contribution in [0.15, 0.2) is 25.3 Å². The molecule has 8 nitrogen and oxygen atoms in total. The lowest BCUT2D eigenvalue weighted by molar-refractivity contribution is -0.157. The Morgan fingerprint density at radius 2 is 1.86 bits per heavy atom. The highest BCUT2D eigenvalue weighted by Gasteiger charge is 2.80. The molecule has 1 N–H and O–H groups in total. The van der Waals surface area contributed by atoms with Crippen molar-refractivity contribution in [3.05, 3.63) is 25.3 Å². The zero-order valence-electron chi connectivity index (χ0n) is 23.0. The van der Waals surface area contributed by atoms with Crippen LogP contribution in [0.2, 0.25) is 0 Å². The van der Waals surface area contributed by atoms with E-state index in [1.165, 1.54) is 0 Å². The van der Waals surface area contributed by atoms with Gasteiger partial charge < -0.3 is 24.5 Å². The summed E-state index contributed by atoms with van der Waals surface area (Å²) >= 11 is 0. The maximum absolute atomic E-state index is 14.3. The molecule has 0 aromatic rings. The number of hydrogen-bond acceptors (Lipinski definition) is 5. The average Bonchev–Trinajstić information content (AvgIpc) is 3.31. The van der Waals surface area contributed by atoms with E-state index < -0.39 is 34.6 Å². The highest BCUT2D eigenvalue weighted by Crippen LogP contribution is 2.65. The normalized spacial score (nSPS) is 33.0. The molecule has 0 radical (unpaired) electrons. The second-order valence-electron chi connectivity index (χ2n) is 11.8. The fourth-order valence-corrected chi connectivity index (χ4v) is 6.76. The zero-order chi connectivity index (χ0) is 27.1. The van der Waals surface area contributed by atoms with Gasteiger partial charge in [0.15, 0.2) is 0 Å². The van der Waals surface area contributed by atoms with E-state index in [-0.39, 0.29) is 36.8 Å². The molecule has 36 heavy (non-hydrogen) atoms. The van der Waals surface area contributed by atoms with Crippen molar-refractivity contribution >= 4 is 17.7 Å². The van der Waals surface area contributed by atoms with E-state index >= 15 is 0 Å². The van der Waals surface area contributed by atoms with Crippen molar-refractivity contribution in [3.63, 3.8) is 0 Å². The van der Waals surface area contributed by atoms with E-state index in [9.17, 15) is 19.5 Å². The van der Waals surface area contributed by atoms with Crippen molar-refractivity contribution in [1.82, 2.24) is 14.7 Å². The lowest BCUT2D eigenvalue weighted by atomic mass is 9.62. The van der Waals surface area contributed by atoms with Crippen LogP contribution in [-0.4, -0.2) is 93.1 Å². The molecule has 3 heterocycles. The molecule has 0 aromatic heterocycles. The molecule has 3 aliphatic heterocycles. The Morgan fingerprint density at radius 3 is 2.39 bits per heavy atom. The molecule has 3 fully saturated rings. The molecule has 6 atom stereocenters. The maximum Gasteiger partial charge on any atom is 0.249 e. The van der Waals surface area contributed by atoms with Gasteiger partial charge in [-0.25, -0.2) is 0 Å². The van der Waals surface area contributed by atoms with Crippen LogP contribution in [0.3, 0.4) is 0 Å². The SMILES string of the molecule is C=CCN(CCC)C(=O)[C@@H]1[C@H]2C(=O)N(CCCO)C(C(=O)N(CC=C)C(C)(C)C)C23CC(C)[C@@]1(C)O3. The van der Waals surface area contributed by atoms with Crippen molar-refractivity contribution in [2.75, 3.05) is 32.8 Å². The molecule has 3 aliphatic rings. The van der Waals surface area contributed by atoms with Crippen molar-refractivity contribution in [2.45, 2.75) is 83.6 Å². The molecule has 0 aliphatic carbocycles. The molecule has 3 amide bonds. The molecule has 1 spiro atoms. The molecule has 3 unspecified atom stereocenters. The van der Waals surface area contributed by atoms with E-state index in [2.05, 4.69) is 20.1 Å². The fraction of sp³-hybridized carbons (Fsp3) is 0.750. The first kappa shape index (κ1) is 28.4. The number of fused-ring (bicyclic) bond motifs is 1. The molecular weight excluding hydrogens is 458 g/mol. The van der Waals surface area contributed by atoms with Gasteiger partial charge in [-0.2, -0.15) is 0 Å². The highest BCUT2D eigenvalue weighted by atomic mass is 16.5. The van der Waals surface area contributed by atoms with Crippen LogP contribution in [0.25, 0.3) is 0 Å². The maximum atomic E-state index is 14.3. The Hall–Kier alpha value is -2.19.